The van der Waals surface area contributed by atoms with E-state index in [9.17, 15) is 4.79 Å². The van der Waals surface area contributed by atoms with E-state index in [2.05, 4.69) is 9.97 Å². The van der Waals surface area contributed by atoms with Crippen molar-refractivity contribution in [2.45, 2.75) is 6.42 Å². The van der Waals surface area contributed by atoms with Crippen molar-refractivity contribution in [1.29, 1.82) is 0 Å². The van der Waals surface area contributed by atoms with E-state index in [-0.39, 0.29) is 12.2 Å². The van der Waals surface area contributed by atoms with Gasteiger partial charge in [0.25, 0.3) is 0 Å². The van der Waals surface area contributed by atoms with Crippen molar-refractivity contribution in [3.05, 3.63) is 58.1 Å². The third kappa shape index (κ3) is 2.81. The van der Waals surface area contributed by atoms with E-state index in [1.165, 1.54) is 18.6 Å². The lowest BCUT2D eigenvalue weighted by Gasteiger charge is -2.04. The van der Waals surface area contributed by atoms with Gasteiger partial charge in [0.05, 0.1) is 10.0 Å². The Kier molecular flexibility index (Phi) is 3.71. The first-order valence-corrected chi connectivity index (χ1v) is 5.65. The van der Waals surface area contributed by atoms with Gasteiger partial charge in [-0.15, -0.1) is 0 Å². The number of hydrogen-bond donors (Lipinski definition) is 0. The number of hydrogen-bond acceptors (Lipinski definition) is 3. The normalized spacial score (nSPS) is 10.2. The van der Waals surface area contributed by atoms with Gasteiger partial charge in [0.15, 0.2) is 5.78 Å². The summed E-state index contributed by atoms with van der Waals surface area (Å²) >= 11 is 11.8. The molecule has 2 aromatic rings. The largest absolute Gasteiger partial charge is 0.294 e. The standard InChI is InChI=1S/C12H8Cl2N2O/c13-10-6-15-3-1-8(10)5-12(17)9-2-4-16-7-11(9)14/h1-4,6-7H,5H2. The Morgan fingerprint density at radius 1 is 1.06 bits per heavy atom. The molecule has 0 atom stereocenters. The summed E-state index contributed by atoms with van der Waals surface area (Å²) in [4.78, 5) is 19.7. The highest BCUT2D eigenvalue weighted by Gasteiger charge is 2.12. The first kappa shape index (κ1) is 12.0. The molecule has 0 aliphatic carbocycles. The zero-order valence-corrected chi connectivity index (χ0v) is 10.2. The predicted molar refractivity (Wildman–Crippen MR) is 66.5 cm³/mol. The summed E-state index contributed by atoms with van der Waals surface area (Å²) in [6.45, 7) is 0. The monoisotopic (exact) mass is 266 g/mol. The fourth-order valence-electron chi connectivity index (χ4n) is 1.42. The van der Waals surface area contributed by atoms with Crippen molar-refractivity contribution >= 4 is 29.0 Å². The maximum Gasteiger partial charge on any atom is 0.168 e. The molecule has 0 aliphatic heterocycles. The average molecular weight is 267 g/mol. The van der Waals surface area contributed by atoms with Gasteiger partial charge >= 0.3 is 0 Å². The summed E-state index contributed by atoms with van der Waals surface area (Å²) < 4.78 is 0. The van der Waals surface area contributed by atoms with Gasteiger partial charge in [-0.1, -0.05) is 23.2 Å². The van der Waals surface area contributed by atoms with Gasteiger partial charge in [-0.3, -0.25) is 14.8 Å². The van der Waals surface area contributed by atoms with Crippen LogP contribution in [-0.4, -0.2) is 15.8 Å². The molecule has 0 aliphatic rings. The van der Waals surface area contributed by atoms with Gasteiger partial charge in [-0.2, -0.15) is 0 Å². The van der Waals surface area contributed by atoms with Crippen molar-refractivity contribution < 1.29 is 4.79 Å². The molecule has 0 amide bonds. The maximum absolute atomic E-state index is 12.0. The molecule has 2 aromatic heterocycles. The van der Waals surface area contributed by atoms with E-state index in [1.54, 1.807) is 18.3 Å². The van der Waals surface area contributed by atoms with Crippen molar-refractivity contribution in [2.24, 2.45) is 0 Å². The molecular weight excluding hydrogens is 259 g/mol. The number of halogens is 2. The fraction of sp³-hybridized carbons (Fsp3) is 0.0833. The molecule has 0 spiro atoms. The van der Waals surface area contributed by atoms with E-state index in [4.69, 9.17) is 23.2 Å². The van der Waals surface area contributed by atoms with Gasteiger partial charge in [-0.05, 0) is 17.7 Å². The highest BCUT2D eigenvalue weighted by molar-refractivity contribution is 6.34. The van der Waals surface area contributed by atoms with E-state index >= 15 is 0 Å². The molecule has 0 saturated heterocycles. The van der Waals surface area contributed by atoms with Crippen LogP contribution in [0.4, 0.5) is 0 Å². The number of aromatic nitrogens is 2. The molecule has 2 heterocycles. The molecule has 5 heteroatoms. The minimum Gasteiger partial charge on any atom is -0.294 e. The Labute approximate surface area is 108 Å². The summed E-state index contributed by atoms with van der Waals surface area (Å²) in [6.07, 6.45) is 6.29. The second kappa shape index (κ2) is 5.25. The van der Waals surface area contributed by atoms with Crippen LogP contribution in [0.25, 0.3) is 0 Å². The fourth-order valence-corrected chi connectivity index (χ4v) is 1.83. The van der Waals surface area contributed by atoms with E-state index in [0.717, 1.165) is 5.56 Å². The molecule has 0 aromatic carbocycles. The number of pyridine rings is 2. The third-order valence-electron chi connectivity index (χ3n) is 2.28. The molecular formula is C12H8Cl2N2O. The minimum absolute atomic E-state index is 0.0921. The third-order valence-corrected chi connectivity index (χ3v) is 2.92. The number of nitrogens with zero attached hydrogens (tertiary/aromatic N) is 2. The molecule has 0 saturated carbocycles. The van der Waals surface area contributed by atoms with Crippen LogP contribution >= 0.6 is 23.2 Å². The summed E-state index contributed by atoms with van der Waals surface area (Å²) in [5, 5.41) is 0.828. The molecule has 2 rings (SSSR count). The first-order valence-electron chi connectivity index (χ1n) is 4.89. The van der Waals surface area contributed by atoms with Crippen molar-refractivity contribution in [3.8, 4) is 0 Å². The Bertz CT molecular complexity index is 558. The van der Waals surface area contributed by atoms with Gasteiger partial charge in [0, 0.05) is 36.8 Å². The van der Waals surface area contributed by atoms with Crippen LogP contribution in [0.3, 0.4) is 0 Å². The van der Waals surface area contributed by atoms with Crippen LogP contribution in [0.5, 0.6) is 0 Å². The number of rotatable bonds is 3. The summed E-state index contributed by atoms with van der Waals surface area (Å²) in [6, 6.07) is 3.31. The van der Waals surface area contributed by atoms with Crippen LogP contribution in [0, 0.1) is 0 Å². The predicted octanol–water partition coefficient (Wildman–Crippen LogP) is 3.21. The van der Waals surface area contributed by atoms with Gasteiger partial charge in [0.1, 0.15) is 0 Å². The van der Waals surface area contributed by atoms with Crippen molar-refractivity contribution in [1.82, 2.24) is 9.97 Å². The molecule has 86 valence electrons. The topological polar surface area (TPSA) is 42.9 Å². The zero-order chi connectivity index (χ0) is 12.3. The lowest BCUT2D eigenvalue weighted by molar-refractivity contribution is 0.0993. The van der Waals surface area contributed by atoms with Crippen LogP contribution in [0.1, 0.15) is 15.9 Å². The number of carbonyl (C=O) groups is 1. The molecule has 3 nitrogen and oxygen atoms in total. The molecule has 17 heavy (non-hydrogen) atoms. The smallest absolute Gasteiger partial charge is 0.168 e. The lowest BCUT2D eigenvalue weighted by atomic mass is 10.1. The summed E-state index contributed by atoms with van der Waals surface area (Å²) in [7, 11) is 0. The van der Waals surface area contributed by atoms with Crippen LogP contribution in [0.2, 0.25) is 10.0 Å². The molecule has 0 unspecified atom stereocenters. The van der Waals surface area contributed by atoms with E-state index in [0.29, 0.717) is 15.6 Å². The zero-order valence-electron chi connectivity index (χ0n) is 8.73. The lowest BCUT2D eigenvalue weighted by Crippen LogP contribution is -2.05. The van der Waals surface area contributed by atoms with Crippen LogP contribution in [-0.2, 0) is 6.42 Å². The number of Topliss-reactive ketones (excluding diaryl/α,β-unsaturated/α-hetero) is 1. The number of carbonyl (C=O) groups excluding carboxylic acids is 1. The first-order chi connectivity index (χ1) is 8.18. The quantitative estimate of drug-likeness (QED) is 0.802. The second-order valence-corrected chi connectivity index (χ2v) is 4.24. The van der Waals surface area contributed by atoms with Gasteiger partial charge < -0.3 is 0 Å². The molecule has 0 bridgehead atoms. The SMILES string of the molecule is O=C(Cc1ccncc1Cl)c1ccncc1Cl. The Hall–Kier alpha value is -1.45. The summed E-state index contributed by atoms with van der Waals surface area (Å²) in [5.74, 6) is -0.0921. The Balaban J connectivity index is 2.24. The molecule has 0 radical (unpaired) electrons. The number of ketones is 1. The van der Waals surface area contributed by atoms with Crippen molar-refractivity contribution in [3.63, 3.8) is 0 Å². The molecule has 0 fully saturated rings. The van der Waals surface area contributed by atoms with Gasteiger partial charge in [0.2, 0.25) is 0 Å². The summed E-state index contributed by atoms with van der Waals surface area (Å²) in [5.41, 5.74) is 1.19. The van der Waals surface area contributed by atoms with E-state index < -0.39 is 0 Å². The molecule has 0 N–H and O–H groups in total. The Morgan fingerprint density at radius 3 is 2.35 bits per heavy atom. The van der Waals surface area contributed by atoms with Crippen molar-refractivity contribution in [2.75, 3.05) is 0 Å². The average Bonchev–Trinajstić information content (AvgIpc) is 2.32. The maximum atomic E-state index is 12.0. The second-order valence-electron chi connectivity index (χ2n) is 3.42. The van der Waals surface area contributed by atoms with Crippen LogP contribution in [0.15, 0.2) is 36.9 Å². The highest BCUT2D eigenvalue weighted by Crippen LogP contribution is 2.19. The van der Waals surface area contributed by atoms with Crippen LogP contribution < -0.4 is 0 Å². The minimum atomic E-state index is -0.0921. The van der Waals surface area contributed by atoms with E-state index in [1.807, 2.05) is 0 Å². The highest BCUT2D eigenvalue weighted by atomic mass is 35.5. The van der Waals surface area contributed by atoms with Gasteiger partial charge in [-0.25, -0.2) is 0 Å². The Morgan fingerprint density at radius 2 is 1.71 bits per heavy atom.